The number of aliphatic hydroxyl groups excluding tert-OH is 1. The first-order chi connectivity index (χ1) is 10.7. The highest BCUT2D eigenvalue weighted by Crippen LogP contribution is 2.15. The molecule has 0 aliphatic heterocycles. The Bertz CT molecular complexity index is 629. The van der Waals surface area contributed by atoms with Crippen LogP contribution in [-0.2, 0) is 24.5 Å². The average molecular weight is 300 g/mol. The van der Waals surface area contributed by atoms with E-state index in [-0.39, 0.29) is 12.6 Å². The molecular formula is C17H20N2O3. The van der Waals surface area contributed by atoms with Crippen LogP contribution in [0, 0.1) is 0 Å². The molecule has 0 aromatic heterocycles. The minimum absolute atomic E-state index is 0.0455. The fourth-order valence-electron chi connectivity index (χ4n) is 2.15. The first-order valence-corrected chi connectivity index (χ1v) is 7.04. The summed E-state index contributed by atoms with van der Waals surface area (Å²) in [6, 6.07) is 14.6. The van der Waals surface area contributed by atoms with E-state index in [0.717, 1.165) is 22.4 Å². The van der Waals surface area contributed by atoms with Crippen LogP contribution in [0.4, 0.5) is 10.5 Å². The van der Waals surface area contributed by atoms with Crippen molar-refractivity contribution in [1.29, 1.82) is 0 Å². The Morgan fingerprint density at radius 1 is 1.05 bits per heavy atom. The number of para-hydroxylation sites is 1. The van der Waals surface area contributed by atoms with Gasteiger partial charge in [0, 0.05) is 24.9 Å². The van der Waals surface area contributed by atoms with E-state index >= 15 is 0 Å². The highest BCUT2D eigenvalue weighted by atomic mass is 16.5. The lowest BCUT2D eigenvalue weighted by Crippen LogP contribution is -2.29. The van der Waals surface area contributed by atoms with E-state index in [2.05, 4.69) is 10.6 Å². The largest absolute Gasteiger partial charge is 0.392 e. The van der Waals surface area contributed by atoms with Crippen molar-refractivity contribution in [2.75, 3.05) is 12.4 Å². The zero-order valence-corrected chi connectivity index (χ0v) is 12.5. The number of benzene rings is 2. The van der Waals surface area contributed by atoms with Crippen LogP contribution >= 0.6 is 0 Å². The number of carbonyl (C=O) groups excluding carboxylic acids is 1. The molecule has 0 fully saturated rings. The molecule has 0 spiro atoms. The van der Waals surface area contributed by atoms with Gasteiger partial charge in [0.05, 0.1) is 13.2 Å². The molecule has 0 heterocycles. The molecule has 22 heavy (non-hydrogen) atoms. The van der Waals surface area contributed by atoms with Gasteiger partial charge in [0.2, 0.25) is 0 Å². The van der Waals surface area contributed by atoms with Crippen LogP contribution in [0.1, 0.15) is 16.7 Å². The van der Waals surface area contributed by atoms with Crippen molar-refractivity contribution in [2.24, 2.45) is 0 Å². The molecule has 5 heteroatoms. The summed E-state index contributed by atoms with van der Waals surface area (Å²) >= 11 is 0. The Hall–Kier alpha value is -2.37. The van der Waals surface area contributed by atoms with E-state index in [0.29, 0.717) is 13.2 Å². The molecule has 0 unspecified atom stereocenters. The van der Waals surface area contributed by atoms with Gasteiger partial charge in [0.25, 0.3) is 0 Å². The molecule has 116 valence electrons. The highest BCUT2D eigenvalue weighted by molar-refractivity contribution is 5.90. The zero-order valence-electron chi connectivity index (χ0n) is 12.5. The summed E-state index contributed by atoms with van der Waals surface area (Å²) in [7, 11) is 1.61. The van der Waals surface area contributed by atoms with E-state index in [1.807, 2.05) is 48.5 Å². The van der Waals surface area contributed by atoms with Gasteiger partial charge in [0.1, 0.15) is 0 Å². The summed E-state index contributed by atoms with van der Waals surface area (Å²) in [4.78, 5) is 12.0. The van der Waals surface area contributed by atoms with E-state index in [1.54, 1.807) is 7.11 Å². The van der Waals surface area contributed by atoms with Crippen molar-refractivity contribution in [1.82, 2.24) is 5.32 Å². The van der Waals surface area contributed by atoms with Gasteiger partial charge in [-0.3, -0.25) is 0 Å². The van der Waals surface area contributed by atoms with Crippen LogP contribution in [0.25, 0.3) is 0 Å². The van der Waals surface area contributed by atoms with Gasteiger partial charge in [-0.1, -0.05) is 42.5 Å². The van der Waals surface area contributed by atoms with Crippen molar-refractivity contribution in [3.8, 4) is 0 Å². The molecule has 0 bridgehead atoms. The lowest BCUT2D eigenvalue weighted by molar-refractivity contribution is 0.185. The van der Waals surface area contributed by atoms with Crippen molar-refractivity contribution < 1.29 is 14.6 Å². The van der Waals surface area contributed by atoms with Gasteiger partial charge in [-0.15, -0.1) is 0 Å². The lowest BCUT2D eigenvalue weighted by atomic mass is 10.1. The second-order valence-electron chi connectivity index (χ2n) is 4.82. The Balaban J connectivity index is 1.96. The number of hydrogen-bond donors (Lipinski definition) is 3. The molecule has 0 radical (unpaired) electrons. The maximum Gasteiger partial charge on any atom is 0.319 e. The summed E-state index contributed by atoms with van der Waals surface area (Å²) < 4.78 is 5.11. The number of ether oxygens (including phenoxy) is 1. The van der Waals surface area contributed by atoms with Crippen molar-refractivity contribution >= 4 is 11.7 Å². The van der Waals surface area contributed by atoms with E-state index in [1.165, 1.54) is 0 Å². The molecule has 0 aliphatic rings. The normalized spacial score (nSPS) is 10.3. The third kappa shape index (κ3) is 4.31. The van der Waals surface area contributed by atoms with Gasteiger partial charge in [-0.05, 0) is 17.2 Å². The number of anilines is 1. The first-order valence-electron chi connectivity index (χ1n) is 7.04. The third-order valence-corrected chi connectivity index (χ3v) is 3.29. The Morgan fingerprint density at radius 2 is 1.68 bits per heavy atom. The van der Waals surface area contributed by atoms with Crippen molar-refractivity contribution in [3.05, 3.63) is 65.2 Å². The third-order valence-electron chi connectivity index (χ3n) is 3.29. The number of amides is 2. The number of urea groups is 1. The van der Waals surface area contributed by atoms with Crippen molar-refractivity contribution in [3.63, 3.8) is 0 Å². The van der Waals surface area contributed by atoms with Crippen LogP contribution in [-0.4, -0.2) is 18.2 Å². The van der Waals surface area contributed by atoms with Crippen molar-refractivity contribution in [2.45, 2.75) is 19.8 Å². The van der Waals surface area contributed by atoms with E-state index in [9.17, 15) is 9.90 Å². The highest BCUT2D eigenvalue weighted by Gasteiger charge is 2.07. The van der Waals surface area contributed by atoms with Gasteiger partial charge in [-0.25, -0.2) is 4.79 Å². The van der Waals surface area contributed by atoms with Crippen LogP contribution in [0.3, 0.4) is 0 Å². The molecular weight excluding hydrogens is 280 g/mol. The number of hydrogen-bond acceptors (Lipinski definition) is 3. The predicted molar refractivity (Wildman–Crippen MR) is 85.4 cm³/mol. The molecule has 2 amide bonds. The number of methoxy groups -OCH3 is 1. The fourth-order valence-corrected chi connectivity index (χ4v) is 2.15. The Morgan fingerprint density at radius 3 is 2.36 bits per heavy atom. The quantitative estimate of drug-likeness (QED) is 0.768. The van der Waals surface area contributed by atoms with Gasteiger partial charge < -0.3 is 20.5 Å². The molecule has 0 saturated carbocycles. The van der Waals surface area contributed by atoms with Crippen LogP contribution in [0.2, 0.25) is 0 Å². The van der Waals surface area contributed by atoms with E-state index in [4.69, 9.17) is 4.74 Å². The minimum Gasteiger partial charge on any atom is -0.392 e. The molecule has 2 aromatic rings. The standard InChI is InChI=1S/C17H20N2O3/c1-22-12-15-8-4-5-9-16(15)19-17(21)18-10-13-6-2-3-7-14(13)11-20/h2-9,20H,10-12H2,1H3,(H2,18,19,21). The monoisotopic (exact) mass is 300 g/mol. The number of nitrogens with one attached hydrogen (secondary N) is 2. The fraction of sp³-hybridized carbons (Fsp3) is 0.235. The molecule has 0 saturated heterocycles. The minimum atomic E-state index is -0.295. The average Bonchev–Trinajstić information content (AvgIpc) is 2.55. The molecule has 2 rings (SSSR count). The second kappa shape index (κ2) is 8.17. The SMILES string of the molecule is COCc1ccccc1NC(=O)NCc1ccccc1CO. The first kappa shape index (κ1) is 16.0. The predicted octanol–water partition coefficient (Wildman–Crippen LogP) is 2.65. The van der Waals surface area contributed by atoms with Crippen LogP contribution in [0.15, 0.2) is 48.5 Å². The van der Waals surface area contributed by atoms with Gasteiger partial charge in [0.15, 0.2) is 0 Å². The van der Waals surface area contributed by atoms with Gasteiger partial charge in [-0.2, -0.15) is 0 Å². The summed E-state index contributed by atoms with van der Waals surface area (Å²) in [5.74, 6) is 0. The number of aliphatic hydroxyl groups is 1. The molecule has 3 N–H and O–H groups in total. The summed E-state index contributed by atoms with van der Waals surface area (Å²) in [5, 5.41) is 14.9. The van der Waals surface area contributed by atoms with E-state index < -0.39 is 0 Å². The summed E-state index contributed by atoms with van der Waals surface area (Å²) in [5.41, 5.74) is 3.33. The van der Waals surface area contributed by atoms with Crippen LogP contribution < -0.4 is 10.6 Å². The molecule has 5 nitrogen and oxygen atoms in total. The summed E-state index contributed by atoms with van der Waals surface area (Å²) in [6.07, 6.45) is 0. The second-order valence-corrected chi connectivity index (χ2v) is 4.82. The Labute approximate surface area is 129 Å². The van der Waals surface area contributed by atoms with Gasteiger partial charge >= 0.3 is 6.03 Å². The molecule has 0 atom stereocenters. The number of rotatable bonds is 6. The van der Waals surface area contributed by atoms with Crippen LogP contribution in [0.5, 0.6) is 0 Å². The lowest BCUT2D eigenvalue weighted by Gasteiger charge is -2.12. The topological polar surface area (TPSA) is 70.6 Å². The smallest absolute Gasteiger partial charge is 0.319 e. The number of carbonyl (C=O) groups is 1. The summed E-state index contributed by atoms with van der Waals surface area (Å²) in [6.45, 7) is 0.745. The molecule has 2 aromatic carbocycles. The Kier molecular flexibility index (Phi) is 5.94. The maximum absolute atomic E-state index is 12.0. The molecule has 0 aliphatic carbocycles. The zero-order chi connectivity index (χ0) is 15.8. The maximum atomic E-state index is 12.0.